The topological polar surface area (TPSA) is 145 Å². The highest BCUT2D eigenvalue weighted by Gasteiger charge is 2.41. The van der Waals surface area contributed by atoms with Crippen LogP contribution in [0.3, 0.4) is 0 Å². The molecule has 0 spiro atoms. The van der Waals surface area contributed by atoms with Crippen LogP contribution in [0.25, 0.3) is 0 Å². The van der Waals surface area contributed by atoms with Crippen LogP contribution < -0.4 is 5.32 Å². The minimum atomic E-state index is -1.42. The van der Waals surface area contributed by atoms with E-state index in [1.807, 2.05) is 24.3 Å². The van der Waals surface area contributed by atoms with Crippen LogP contribution in [0.5, 0.6) is 0 Å². The molecule has 9 heteroatoms. The number of aliphatic imine (C=N–C) groups is 1. The number of amidine groups is 1. The molecular weight excluding hydrogens is 352 g/mol. The van der Waals surface area contributed by atoms with E-state index < -0.39 is 17.5 Å². The minimum Gasteiger partial charge on any atom is -0.478 e. The summed E-state index contributed by atoms with van der Waals surface area (Å²) in [4.78, 5) is 32.0. The molecule has 2 aromatic heterocycles. The molecule has 0 unspecified atom stereocenters. The van der Waals surface area contributed by atoms with Gasteiger partial charge in [-0.15, -0.1) is 0 Å². The van der Waals surface area contributed by atoms with E-state index in [-0.39, 0.29) is 0 Å². The van der Waals surface area contributed by atoms with E-state index in [1.54, 1.807) is 24.5 Å². The lowest BCUT2D eigenvalue weighted by Gasteiger charge is -2.27. The van der Waals surface area contributed by atoms with Crippen molar-refractivity contribution in [3.05, 3.63) is 72.3 Å². The monoisotopic (exact) mass is 370 g/mol. The first-order valence-electron chi connectivity index (χ1n) is 7.92. The predicted molar refractivity (Wildman–Crippen MR) is 96.2 cm³/mol. The second-order valence-corrected chi connectivity index (χ2v) is 5.31. The average molecular weight is 370 g/mol. The van der Waals surface area contributed by atoms with E-state index in [1.165, 1.54) is 0 Å². The number of carbonyl (C=O) groups is 2. The van der Waals surface area contributed by atoms with E-state index in [0.29, 0.717) is 35.9 Å². The first kappa shape index (κ1) is 19.7. The molecular formula is C18H18N4O5. The lowest BCUT2D eigenvalue weighted by molar-refractivity contribution is -0.134. The Morgan fingerprint density at radius 1 is 0.963 bits per heavy atom. The Balaban J connectivity index is 0.000000279. The Kier molecular flexibility index (Phi) is 6.73. The molecule has 4 N–H and O–H groups in total. The molecule has 1 aliphatic rings. The second kappa shape index (κ2) is 9.20. The quantitative estimate of drug-likeness (QED) is 0.554. The zero-order valence-corrected chi connectivity index (χ0v) is 14.2. The van der Waals surface area contributed by atoms with Crippen LogP contribution in [0.4, 0.5) is 0 Å². The average Bonchev–Trinajstić information content (AvgIpc) is 3.23. The summed E-state index contributed by atoms with van der Waals surface area (Å²) < 4.78 is 0. The van der Waals surface area contributed by atoms with E-state index in [0.717, 1.165) is 6.54 Å². The Labute approximate surface area is 154 Å². The molecule has 3 rings (SSSR count). The number of hydrogen-bond acceptors (Lipinski definition) is 7. The van der Waals surface area contributed by atoms with Crippen molar-refractivity contribution in [1.29, 1.82) is 0 Å². The number of rotatable bonds is 5. The van der Waals surface area contributed by atoms with E-state index in [2.05, 4.69) is 20.3 Å². The highest BCUT2D eigenvalue weighted by Crippen LogP contribution is 2.28. The van der Waals surface area contributed by atoms with E-state index in [9.17, 15) is 14.7 Å². The molecule has 0 aliphatic carbocycles. The highest BCUT2D eigenvalue weighted by atomic mass is 16.4. The van der Waals surface area contributed by atoms with Crippen LogP contribution >= 0.6 is 0 Å². The summed E-state index contributed by atoms with van der Waals surface area (Å²) in [5.74, 6) is -2.01. The number of hydrogen-bond donors (Lipinski definition) is 4. The van der Waals surface area contributed by atoms with Gasteiger partial charge in [-0.25, -0.2) is 9.59 Å². The first-order valence-corrected chi connectivity index (χ1v) is 7.92. The Morgan fingerprint density at radius 3 is 1.81 bits per heavy atom. The summed E-state index contributed by atoms with van der Waals surface area (Å²) in [6.45, 7) is 1.37. The lowest BCUT2D eigenvalue weighted by Crippen LogP contribution is -2.44. The molecule has 140 valence electrons. The molecule has 0 atom stereocenters. The van der Waals surface area contributed by atoms with Gasteiger partial charge in [0.25, 0.3) is 0 Å². The second-order valence-electron chi connectivity index (χ2n) is 5.31. The summed E-state index contributed by atoms with van der Waals surface area (Å²) in [7, 11) is 0. The molecule has 9 nitrogen and oxygen atoms in total. The fourth-order valence-electron chi connectivity index (χ4n) is 2.31. The van der Waals surface area contributed by atoms with Crippen molar-refractivity contribution in [3.8, 4) is 0 Å². The van der Waals surface area contributed by atoms with Gasteiger partial charge in [0.1, 0.15) is 5.84 Å². The van der Waals surface area contributed by atoms with Gasteiger partial charge in [-0.2, -0.15) is 0 Å². The first-order chi connectivity index (χ1) is 12.9. The molecule has 0 saturated heterocycles. The van der Waals surface area contributed by atoms with E-state index in [4.69, 9.17) is 10.2 Å². The van der Waals surface area contributed by atoms with Crippen LogP contribution in [0, 0.1) is 0 Å². The Hall–Kier alpha value is -3.59. The Morgan fingerprint density at radius 2 is 1.48 bits per heavy atom. The summed E-state index contributed by atoms with van der Waals surface area (Å²) in [6, 6.07) is 10.9. The molecule has 0 aromatic carbocycles. The van der Waals surface area contributed by atoms with Crippen molar-refractivity contribution >= 4 is 17.8 Å². The molecule has 0 amide bonds. The fourth-order valence-corrected chi connectivity index (χ4v) is 2.31. The van der Waals surface area contributed by atoms with Crippen molar-refractivity contribution < 1.29 is 24.9 Å². The zero-order valence-electron chi connectivity index (χ0n) is 14.2. The number of aromatic nitrogens is 2. The Bertz CT molecular complexity index is 782. The van der Waals surface area contributed by atoms with Gasteiger partial charge in [0.2, 0.25) is 5.60 Å². The van der Waals surface area contributed by atoms with Crippen molar-refractivity contribution in [2.45, 2.75) is 5.60 Å². The number of aliphatic hydroxyl groups is 1. The van der Waals surface area contributed by atoms with Gasteiger partial charge in [0.05, 0.1) is 17.9 Å². The number of carboxylic acids is 2. The van der Waals surface area contributed by atoms with Crippen LogP contribution in [0.2, 0.25) is 0 Å². The SMILES string of the molecule is O=C(O)C=CC(=O)O.OC(C1=NCCN1)(c1ccccn1)c1ccccn1. The molecule has 0 radical (unpaired) electrons. The summed E-state index contributed by atoms with van der Waals surface area (Å²) >= 11 is 0. The maximum atomic E-state index is 11.1. The van der Waals surface area contributed by atoms with Crippen molar-refractivity contribution in [2.24, 2.45) is 4.99 Å². The number of carboxylic acid groups (broad SMARTS) is 2. The van der Waals surface area contributed by atoms with Gasteiger partial charge in [0, 0.05) is 31.1 Å². The molecule has 3 heterocycles. The number of nitrogens with zero attached hydrogens (tertiary/aromatic N) is 3. The van der Waals surface area contributed by atoms with Gasteiger partial charge in [0.15, 0.2) is 0 Å². The lowest BCUT2D eigenvalue weighted by atomic mass is 9.92. The van der Waals surface area contributed by atoms with Gasteiger partial charge in [-0.1, -0.05) is 12.1 Å². The number of nitrogens with one attached hydrogen (secondary N) is 1. The van der Waals surface area contributed by atoms with Gasteiger partial charge in [-0.3, -0.25) is 15.0 Å². The number of pyridine rings is 2. The third-order valence-corrected chi connectivity index (χ3v) is 3.46. The van der Waals surface area contributed by atoms with Crippen LogP contribution in [-0.2, 0) is 15.2 Å². The standard InChI is InChI=1S/C14H14N4O.C4H4O4/c19-14(13-17-9-10-18-13,11-5-1-3-7-15-11)12-6-2-4-8-16-12;5-3(6)1-2-4(7)8/h1-8,19H,9-10H2,(H,17,18);1-2H,(H,5,6)(H,7,8). The normalized spacial score (nSPS) is 13.3. The van der Waals surface area contributed by atoms with Gasteiger partial charge in [-0.05, 0) is 24.3 Å². The van der Waals surface area contributed by atoms with Crippen molar-refractivity contribution in [1.82, 2.24) is 15.3 Å². The predicted octanol–water partition coefficient (Wildman–Crippen LogP) is 0.426. The fraction of sp³-hybridized carbons (Fsp3) is 0.167. The molecule has 27 heavy (non-hydrogen) atoms. The third-order valence-electron chi connectivity index (χ3n) is 3.46. The highest BCUT2D eigenvalue weighted by molar-refractivity contribution is 5.94. The largest absolute Gasteiger partial charge is 0.478 e. The summed E-state index contributed by atoms with van der Waals surface area (Å²) in [5, 5.41) is 29.9. The zero-order chi connectivity index (χ0) is 19.7. The van der Waals surface area contributed by atoms with Crippen LogP contribution in [-0.4, -0.2) is 56.2 Å². The minimum absolute atomic E-state index is 0.505. The van der Waals surface area contributed by atoms with Crippen LogP contribution in [0.1, 0.15) is 11.4 Å². The molecule has 0 fully saturated rings. The van der Waals surface area contributed by atoms with E-state index >= 15 is 0 Å². The molecule has 0 bridgehead atoms. The third kappa shape index (κ3) is 5.19. The maximum absolute atomic E-state index is 11.1. The van der Waals surface area contributed by atoms with Crippen molar-refractivity contribution in [3.63, 3.8) is 0 Å². The number of aliphatic carboxylic acids is 2. The molecule has 2 aromatic rings. The van der Waals surface area contributed by atoms with Crippen molar-refractivity contribution in [2.75, 3.05) is 13.1 Å². The summed E-state index contributed by atoms with van der Waals surface area (Å²) in [6.07, 6.45) is 4.42. The van der Waals surface area contributed by atoms with Crippen LogP contribution in [0.15, 0.2) is 65.9 Å². The maximum Gasteiger partial charge on any atom is 0.328 e. The summed E-state index contributed by atoms with van der Waals surface area (Å²) in [5.41, 5.74) is -0.386. The molecule has 0 saturated carbocycles. The van der Waals surface area contributed by atoms with Gasteiger partial charge < -0.3 is 20.6 Å². The molecule has 1 aliphatic heterocycles. The smallest absolute Gasteiger partial charge is 0.328 e. The van der Waals surface area contributed by atoms with Gasteiger partial charge >= 0.3 is 11.9 Å².